The first-order valence-corrected chi connectivity index (χ1v) is 4.08. The number of rotatable bonds is 1. The van der Waals surface area contributed by atoms with Crippen molar-refractivity contribution in [1.29, 1.82) is 5.26 Å². The lowest BCUT2D eigenvalue weighted by Crippen LogP contribution is -2.39. The van der Waals surface area contributed by atoms with Gasteiger partial charge in [0.1, 0.15) is 0 Å². The third-order valence-electron chi connectivity index (χ3n) is 2.21. The highest BCUT2D eigenvalue weighted by Crippen LogP contribution is 2.12. The fourth-order valence-electron chi connectivity index (χ4n) is 1.50. The Labute approximate surface area is 72.1 Å². The average molecular weight is 167 g/mol. The summed E-state index contributed by atoms with van der Waals surface area (Å²) < 4.78 is 0. The van der Waals surface area contributed by atoms with Crippen molar-refractivity contribution in [3.8, 4) is 6.07 Å². The second kappa shape index (κ2) is 4.07. The summed E-state index contributed by atoms with van der Waals surface area (Å²) in [5.41, 5.74) is 0.851. The van der Waals surface area contributed by atoms with Crippen LogP contribution in [-0.2, 0) is 0 Å². The summed E-state index contributed by atoms with van der Waals surface area (Å²) in [5.74, 6) is 0.275. The minimum Gasteiger partial charge on any atom is -0.411 e. The smallest absolute Gasteiger partial charge is 0.0866 e. The molecule has 0 spiro atoms. The highest BCUT2D eigenvalue weighted by atomic mass is 16.4. The van der Waals surface area contributed by atoms with E-state index in [2.05, 4.69) is 16.1 Å². The number of nitrogens with zero attached hydrogens (tertiary/aromatic N) is 3. The molecule has 1 aliphatic rings. The summed E-state index contributed by atoms with van der Waals surface area (Å²) in [6.07, 6.45) is 0.777. The molecule has 1 aliphatic heterocycles. The van der Waals surface area contributed by atoms with Crippen molar-refractivity contribution in [2.24, 2.45) is 11.1 Å². The van der Waals surface area contributed by atoms with E-state index in [9.17, 15) is 0 Å². The summed E-state index contributed by atoms with van der Waals surface area (Å²) in [5, 5.41) is 20.3. The molecule has 1 atom stereocenters. The molecule has 1 saturated heterocycles. The number of hydrogen-bond donors (Lipinski definition) is 1. The van der Waals surface area contributed by atoms with Gasteiger partial charge in [-0.25, -0.2) is 0 Å². The molecular formula is C8H13N3O. The van der Waals surface area contributed by atoms with Crippen LogP contribution >= 0.6 is 0 Å². The quantitative estimate of drug-likeness (QED) is 0.355. The number of hydrogen-bond acceptors (Lipinski definition) is 4. The molecule has 1 heterocycles. The van der Waals surface area contributed by atoms with Crippen LogP contribution < -0.4 is 0 Å². The van der Waals surface area contributed by atoms with Gasteiger partial charge in [0, 0.05) is 25.4 Å². The van der Waals surface area contributed by atoms with Gasteiger partial charge in [0.15, 0.2) is 0 Å². The van der Waals surface area contributed by atoms with Crippen molar-refractivity contribution in [3.63, 3.8) is 0 Å². The van der Waals surface area contributed by atoms with Crippen molar-refractivity contribution in [1.82, 2.24) is 4.90 Å². The summed E-state index contributed by atoms with van der Waals surface area (Å²) in [6, 6.07) is 2.11. The highest BCUT2D eigenvalue weighted by molar-refractivity contribution is 5.86. The molecule has 66 valence electrons. The van der Waals surface area contributed by atoms with Crippen LogP contribution in [0, 0.1) is 17.2 Å². The van der Waals surface area contributed by atoms with Crippen molar-refractivity contribution in [2.45, 2.75) is 13.3 Å². The zero-order chi connectivity index (χ0) is 8.97. The Morgan fingerprint density at radius 3 is 3.08 bits per heavy atom. The van der Waals surface area contributed by atoms with E-state index in [1.807, 2.05) is 6.92 Å². The van der Waals surface area contributed by atoms with Gasteiger partial charge in [-0.1, -0.05) is 12.1 Å². The molecule has 0 amide bonds. The highest BCUT2D eigenvalue weighted by Gasteiger charge is 2.21. The Balaban J connectivity index is 2.47. The number of nitriles is 1. The summed E-state index contributed by atoms with van der Waals surface area (Å²) in [6.45, 7) is 4.14. The molecule has 4 heteroatoms. The van der Waals surface area contributed by atoms with Gasteiger partial charge >= 0.3 is 0 Å². The molecule has 0 saturated carbocycles. The van der Waals surface area contributed by atoms with E-state index in [-0.39, 0.29) is 5.92 Å². The first kappa shape index (κ1) is 9.01. The Hall–Kier alpha value is -1.08. The van der Waals surface area contributed by atoms with Crippen LogP contribution in [0.15, 0.2) is 5.16 Å². The summed E-state index contributed by atoms with van der Waals surface area (Å²) >= 11 is 0. The largest absolute Gasteiger partial charge is 0.411 e. The van der Waals surface area contributed by atoms with Gasteiger partial charge in [-0.3, -0.25) is 4.90 Å². The lowest BCUT2D eigenvalue weighted by molar-refractivity contribution is 0.257. The first-order valence-electron chi connectivity index (χ1n) is 4.08. The van der Waals surface area contributed by atoms with Gasteiger partial charge in [0.2, 0.25) is 0 Å². The van der Waals surface area contributed by atoms with Crippen LogP contribution in [0.2, 0.25) is 0 Å². The van der Waals surface area contributed by atoms with E-state index < -0.39 is 0 Å². The molecule has 4 nitrogen and oxygen atoms in total. The van der Waals surface area contributed by atoms with Gasteiger partial charge < -0.3 is 5.21 Å². The normalized spacial score (nSPS) is 28.7. The molecule has 0 aromatic heterocycles. The maximum Gasteiger partial charge on any atom is 0.0866 e. The lowest BCUT2D eigenvalue weighted by atomic mass is 9.98. The molecular weight excluding hydrogens is 154 g/mol. The fraction of sp³-hybridized carbons (Fsp3) is 0.750. The Morgan fingerprint density at radius 2 is 2.58 bits per heavy atom. The number of likely N-dealkylation sites (tertiary alicyclic amines) is 1. The molecule has 1 unspecified atom stereocenters. The van der Waals surface area contributed by atoms with Gasteiger partial charge in [-0.15, -0.1) is 0 Å². The third kappa shape index (κ3) is 1.95. The molecule has 1 N–H and O–H groups in total. The molecule has 1 fully saturated rings. The zero-order valence-corrected chi connectivity index (χ0v) is 7.19. The Kier molecular flexibility index (Phi) is 3.06. The van der Waals surface area contributed by atoms with E-state index in [0.29, 0.717) is 6.54 Å². The van der Waals surface area contributed by atoms with Crippen LogP contribution in [-0.4, -0.2) is 35.5 Å². The molecule has 12 heavy (non-hydrogen) atoms. The van der Waals surface area contributed by atoms with Crippen LogP contribution in [0.1, 0.15) is 13.3 Å². The fourth-order valence-corrected chi connectivity index (χ4v) is 1.50. The minimum absolute atomic E-state index is 0.275. The molecule has 0 aromatic carbocycles. The number of piperidine rings is 1. The van der Waals surface area contributed by atoms with Crippen molar-refractivity contribution < 1.29 is 5.21 Å². The monoisotopic (exact) mass is 167 g/mol. The second-order valence-corrected chi connectivity index (χ2v) is 3.14. The molecule has 0 aromatic rings. The summed E-state index contributed by atoms with van der Waals surface area (Å²) in [7, 11) is 0. The maximum atomic E-state index is 8.58. The maximum absolute atomic E-state index is 8.58. The van der Waals surface area contributed by atoms with E-state index in [1.54, 1.807) is 0 Å². The topological polar surface area (TPSA) is 59.6 Å². The van der Waals surface area contributed by atoms with Crippen molar-refractivity contribution in [3.05, 3.63) is 0 Å². The Morgan fingerprint density at radius 1 is 1.83 bits per heavy atom. The van der Waals surface area contributed by atoms with Crippen LogP contribution in [0.25, 0.3) is 0 Å². The van der Waals surface area contributed by atoms with E-state index in [0.717, 1.165) is 25.2 Å². The second-order valence-electron chi connectivity index (χ2n) is 3.14. The van der Waals surface area contributed by atoms with Crippen LogP contribution in [0.4, 0.5) is 0 Å². The van der Waals surface area contributed by atoms with E-state index in [4.69, 9.17) is 10.5 Å². The number of oxime groups is 1. The van der Waals surface area contributed by atoms with Gasteiger partial charge in [0.05, 0.1) is 18.3 Å². The summed E-state index contributed by atoms with van der Waals surface area (Å²) in [4.78, 5) is 2.07. The first-order chi connectivity index (χ1) is 5.77. The van der Waals surface area contributed by atoms with Gasteiger partial charge in [-0.2, -0.15) is 5.26 Å². The van der Waals surface area contributed by atoms with Gasteiger partial charge in [-0.05, 0) is 0 Å². The predicted molar refractivity (Wildman–Crippen MR) is 45.1 cm³/mol. The van der Waals surface area contributed by atoms with Crippen molar-refractivity contribution >= 4 is 5.71 Å². The molecule has 1 rings (SSSR count). The SMILES string of the molecule is CC1CN(CC#N)CCC1=NO. The van der Waals surface area contributed by atoms with E-state index in [1.165, 1.54) is 0 Å². The van der Waals surface area contributed by atoms with Crippen LogP contribution in [0.3, 0.4) is 0 Å². The zero-order valence-electron chi connectivity index (χ0n) is 7.19. The van der Waals surface area contributed by atoms with E-state index >= 15 is 0 Å². The molecule has 0 aliphatic carbocycles. The van der Waals surface area contributed by atoms with Crippen LogP contribution in [0.5, 0.6) is 0 Å². The molecule has 0 radical (unpaired) electrons. The minimum atomic E-state index is 0.275. The van der Waals surface area contributed by atoms with Gasteiger partial charge in [0.25, 0.3) is 0 Å². The predicted octanol–water partition coefficient (Wildman–Crippen LogP) is 0.682. The standard InChI is InChI=1S/C8H13N3O/c1-7-6-11(5-3-9)4-2-8(7)10-12/h7,12H,2,4-6H2,1H3. The molecule has 0 bridgehead atoms. The average Bonchev–Trinajstić information content (AvgIpc) is 2.05. The van der Waals surface area contributed by atoms with Crippen molar-refractivity contribution in [2.75, 3.05) is 19.6 Å². The third-order valence-corrected chi connectivity index (χ3v) is 2.21. The lowest BCUT2D eigenvalue weighted by Gasteiger charge is -2.29. The Bertz CT molecular complexity index is 219.